The maximum absolute atomic E-state index is 11.2. The van der Waals surface area contributed by atoms with Gasteiger partial charge in [-0.1, -0.05) is 6.07 Å². The van der Waals surface area contributed by atoms with Crippen LogP contribution in [0, 0.1) is 0 Å². The van der Waals surface area contributed by atoms with Gasteiger partial charge in [0.1, 0.15) is 11.6 Å². The third kappa shape index (κ3) is 1.52. The van der Waals surface area contributed by atoms with Gasteiger partial charge in [-0.25, -0.2) is 4.98 Å². The molecule has 2 heterocycles. The van der Waals surface area contributed by atoms with Crippen molar-refractivity contribution in [2.75, 3.05) is 0 Å². The first-order valence-corrected chi connectivity index (χ1v) is 5.70. The fourth-order valence-corrected chi connectivity index (χ4v) is 2.16. The molecule has 1 aliphatic rings. The first-order chi connectivity index (χ1) is 7.75. The molecule has 1 saturated carbocycles. The molecule has 1 fully saturated rings. The molecule has 0 bridgehead atoms. The second kappa shape index (κ2) is 3.44. The number of rotatable bonds is 3. The van der Waals surface area contributed by atoms with Crippen LogP contribution in [0.25, 0.3) is 5.52 Å². The van der Waals surface area contributed by atoms with Crippen molar-refractivity contribution in [1.82, 2.24) is 9.38 Å². The number of hydrogen-bond acceptors (Lipinski definition) is 2. The predicted octanol–water partition coefficient (Wildman–Crippen LogP) is 2.34. The molecule has 0 atom stereocenters. The molecule has 0 N–H and O–H groups in total. The lowest BCUT2D eigenvalue weighted by Gasteiger charge is -2.03. The van der Waals surface area contributed by atoms with Crippen LogP contribution in [0.2, 0.25) is 0 Å². The van der Waals surface area contributed by atoms with Gasteiger partial charge in [-0.15, -0.1) is 0 Å². The van der Waals surface area contributed by atoms with E-state index in [4.69, 9.17) is 0 Å². The Bertz CT molecular complexity index is 552. The van der Waals surface area contributed by atoms with Gasteiger partial charge in [0.15, 0.2) is 0 Å². The second-order valence-corrected chi connectivity index (χ2v) is 4.56. The van der Waals surface area contributed by atoms with Crippen LogP contribution in [0.15, 0.2) is 24.5 Å². The maximum Gasteiger partial charge on any atom is 0.134 e. The van der Waals surface area contributed by atoms with Crippen LogP contribution >= 0.6 is 0 Å². The summed E-state index contributed by atoms with van der Waals surface area (Å²) < 4.78 is 2.13. The Morgan fingerprint density at radius 2 is 2.38 bits per heavy atom. The summed E-state index contributed by atoms with van der Waals surface area (Å²) in [5.74, 6) is 1.98. The van der Waals surface area contributed by atoms with E-state index in [9.17, 15) is 4.79 Å². The first kappa shape index (κ1) is 9.58. The van der Waals surface area contributed by atoms with Crippen molar-refractivity contribution in [3.63, 3.8) is 0 Å². The number of Topliss-reactive ketones (excluding diaryl/α,β-unsaturated/α-hetero) is 1. The van der Waals surface area contributed by atoms with Gasteiger partial charge >= 0.3 is 0 Å². The molecule has 2 aromatic heterocycles. The van der Waals surface area contributed by atoms with Crippen molar-refractivity contribution in [2.45, 2.75) is 32.1 Å². The number of ketones is 1. The van der Waals surface area contributed by atoms with Crippen molar-refractivity contribution >= 4 is 11.3 Å². The quantitative estimate of drug-likeness (QED) is 0.786. The van der Waals surface area contributed by atoms with Gasteiger partial charge in [-0.2, -0.15) is 0 Å². The van der Waals surface area contributed by atoms with Gasteiger partial charge in [-0.05, 0) is 31.4 Å². The molecule has 3 nitrogen and oxygen atoms in total. The molecule has 1 aliphatic carbocycles. The highest BCUT2D eigenvalue weighted by atomic mass is 16.1. The van der Waals surface area contributed by atoms with Crippen LogP contribution in [0.1, 0.15) is 37.1 Å². The van der Waals surface area contributed by atoms with E-state index >= 15 is 0 Å². The highest BCUT2D eigenvalue weighted by Gasteiger charge is 2.27. The number of carbonyl (C=O) groups excluding carboxylic acids is 1. The monoisotopic (exact) mass is 214 g/mol. The number of imidazole rings is 1. The summed E-state index contributed by atoms with van der Waals surface area (Å²) >= 11 is 0. The van der Waals surface area contributed by atoms with Gasteiger partial charge in [0.2, 0.25) is 0 Å². The van der Waals surface area contributed by atoms with Crippen LogP contribution in [-0.2, 0) is 11.2 Å². The number of hydrogen-bond donors (Lipinski definition) is 0. The molecule has 0 amide bonds. The van der Waals surface area contributed by atoms with E-state index in [1.807, 2.05) is 24.5 Å². The van der Waals surface area contributed by atoms with E-state index in [0.717, 1.165) is 16.9 Å². The van der Waals surface area contributed by atoms with Gasteiger partial charge in [0, 0.05) is 18.5 Å². The molecule has 0 radical (unpaired) electrons. The number of aromatic nitrogens is 2. The fourth-order valence-electron chi connectivity index (χ4n) is 2.16. The average molecular weight is 214 g/mol. The molecular formula is C13H14N2O. The number of pyridine rings is 1. The number of carbonyl (C=O) groups is 1. The fraction of sp³-hybridized carbons (Fsp3) is 0.385. The van der Waals surface area contributed by atoms with E-state index < -0.39 is 0 Å². The molecule has 0 saturated heterocycles. The zero-order chi connectivity index (χ0) is 11.1. The smallest absolute Gasteiger partial charge is 0.134 e. The normalized spacial score (nSPS) is 15.6. The second-order valence-electron chi connectivity index (χ2n) is 4.56. The van der Waals surface area contributed by atoms with E-state index in [2.05, 4.69) is 9.38 Å². The van der Waals surface area contributed by atoms with E-state index in [-0.39, 0.29) is 5.78 Å². The molecule has 0 aliphatic heterocycles. The lowest BCUT2D eigenvalue weighted by Crippen LogP contribution is -1.99. The third-order valence-electron chi connectivity index (χ3n) is 3.07. The third-order valence-corrected chi connectivity index (χ3v) is 3.07. The van der Waals surface area contributed by atoms with Crippen molar-refractivity contribution in [3.05, 3.63) is 35.9 Å². The van der Waals surface area contributed by atoms with E-state index in [1.165, 1.54) is 12.8 Å². The molecule has 0 unspecified atom stereocenters. The van der Waals surface area contributed by atoms with Crippen LogP contribution in [0.5, 0.6) is 0 Å². The molecular weight excluding hydrogens is 200 g/mol. The average Bonchev–Trinajstić information content (AvgIpc) is 2.98. The van der Waals surface area contributed by atoms with Gasteiger partial charge in [0.05, 0.1) is 11.7 Å². The minimum Gasteiger partial charge on any atom is -0.303 e. The lowest BCUT2D eigenvalue weighted by molar-refractivity contribution is -0.116. The van der Waals surface area contributed by atoms with Crippen molar-refractivity contribution in [3.8, 4) is 0 Å². The van der Waals surface area contributed by atoms with Gasteiger partial charge in [-0.3, -0.25) is 4.79 Å². The van der Waals surface area contributed by atoms with Crippen molar-refractivity contribution < 1.29 is 4.79 Å². The Balaban J connectivity index is 2.12. The van der Waals surface area contributed by atoms with E-state index in [0.29, 0.717) is 12.3 Å². The Morgan fingerprint density at radius 1 is 1.56 bits per heavy atom. The summed E-state index contributed by atoms with van der Waals surface area (Å²) in [6, 6.07) is 4.01. The first-order valence-electron chi connectivity index (χ1n) is 5.70. The van der Waals surface area contributed by atoms with Crippen molar-refractivity contribution in [2.24, 2.45) is 0 Å². The molecule has 0 spiro atoms. The zero-order valence-electron chi connectivity index (χ0n) is 9.31. The van der Waals surface area contributed by atoms with Gasteiger partial charge < -0.3 is 4.40 Å². The Hall–Kier alpha value is -1.64. The largest absolute Gasteiger partial charge is 0.303 e. The summed E-state index contributed by atoms with van der Waals surface area (Å²) in [6.45, 7) is 1.63. The topological polar surface area (TPSA) is 34.4 Å². The molecule has 2 aromatic rings. The maximum atomic E-state index is 11.2. The van der Waals surface area contributed by atoms with E-state index in [1.54, 1.807) is 6.92 Å². The minimum absolute atomic E-state index is 0.197. The Labute approximate surface area is 94.1 Å². The SMILES string of the molecule is CC(=O)Cc1cccn2c(C3CC3)ncc12. The van der Waals surface area contributed by atoms with Crippen LogP contribution in [0.3, 0.4) is 0 Å². The molecule has 82 valence electrons. The minimum atomic E-state index is 0.197. The van der Waals surface area contributed by atoms with Crippen LogP contribution in [-0.4, -0.2) is 15.2 Å². The molecule has 16 heavy (non-hydrogen) atoms. The lowest BCUT2D eigenvalue weighted by atomic mass is 10.1. The molecule has 0 aromatic carbocycles. The van der Waals surface area contributed by atoms with Gasteiger partial charge in [0.25, 0.3) is 0 Å². The summed E-state index contributed by atoms with van der Waals surface area (Å²) in [5.41, 5.74) is 2.16. The summed E-state index contributed by atoms with van der Waals surface area (Å²) in [4.78, 5) is 15.7. The predicted molar refractivity (Wildman–Crippen MR) is 61.6 cm³/mol. The molecule has 3 rings (SSSR count). The number of nitrogens with zero attached hydrogens (tertiary/aromatic N) is 2. The summed E-state index contributed by atoms with van der Waals surface area (Å²) in [5, 5.41) is 0. The van der Waals surface area contributed by atoms with Crippen molar-refractivity contribution in [1.29, 1.82) is 0 Å². The summed E-state index contributed by atoms with van der Waals surface area (Å²) in [6.07, 6.45) is 6.93. The van der Waals surface area contributed by atoms with Crippen LogP contribution < -0.4 is 0 Å². The summed E-state index contributed by atoms with van der Waals surface area (Å²) in [7, 11) is 0. The Kier molecular flexibility index (Phi) is 2.06. The van der Waals surface area contributed by atoms with Crippen LogP contribution in [0.4, 0.5) is 0 Å². The highest BCUT2D eigenvalue weighted by Crippen LogP contribution is 2.39. The highest BCUT2D eigenvalue weighted by molar-refractivity contribution is 5.80. The standard InChI is InChI=1S/C13H14N2O/c1-9(16)7-11-3-2-6-15-12(11)8-14-13(15)10-4-5-10/h2-3,6,8,10H,4-5,7H2,1H3. The zero-order valence-corrected chi connectivity index (χ0v) is 9.31. The Morgan fingerprint density at radius 3 is 3.06 bits per heavy atom. The number of fused-ring (bicyclic) bond motifs is 1. The molecule has 3 heteroatoms.